The Balaban J connectivity index is 1.22. The Bertz CT molecular complexity index is 701. The summed E-state index contributed by atoms with van der Waals surface area (Å²) in [6.45, 7) is 3.55. The van der Waals surface area contributed by atoms with Crippen LogP contribution in [0.25, 0.3) is 11.7 Å². The summed E-state index contributed by atoms with van der Waals surface area (Å²) in [6, 6.07) is 3.59. The number of likely N-dealkylation sites (tertiary alicyclic amines) is 1. The van der Waals surface area contributed by atoms with Gasteiger partial charge in [0.05, 0.1) is 18.9 Å². The summed E-state index contributed by atoms with van der Waals surface area (Å²) in [7, 11) is 0. The number of nitrogens with one attached hydrogen (secondary N) is 1. The fourth-order valence-electron chi connectivity index (χ4n) is 3.53. The summed E-state index contributed by atoms with van der Waals surface area (Å²) < 4.78 is 16.6. The first-order valence-electron chi connectivity index (χ1n) is 9.26. The molecule has 4 heterocycles. The third kappa shape index (κ3) is 4.13. The van der Waals surface area contributed by atoms with Gasteiger partial charge in [-0.15, -0.1) is 10.2 Å². The molecule has 2 aliphatic heterocycles. The Morgan fingerprint density at radius 1 is 1.27 bits per heavy atom. The molecule has 2 saturated heterocycles. The maximum absolute atomic E-state index is 12.1. The number of aromatic nitrogens is 2. The zero-order chi connectivity index (χ0) is 17.8. The van der Waals surface area contributed by atoms with E-state index in [1.165, 1.54) is 0 Å². The Kier molecular flexibility index (Phi) is 5.31. The fraction of sp³-hybridized carbons (Fsp3) is 0.611. The molecule has 0 aliphatic carbocycles. The van der Waals surface area contributed by atoms with Gasteiger partial charge in [-0.3, -0.25) is 9.69 Å². The van der Waals surface area contributed by atoms with Crippen molar-refractivity contribution in [1.82, 2.24) is 20.4 Å². The van der Waals surface area contributed by atoms with Gasteiger partial charge in [-0.25, -0.2) is 0 Å². The molecule has 0 saturated carbocycles. The van der Waals surface area contributed by atoms with Gasteiger partial charge in [0.2, 0.25) is 11.8 Å². The molecule has 0 bridgehead atoms. The molecule has 4 rings (SSSR count). The lowest BCUT2D eigenvalue weighted by Gasteiger charge is -2.29. The van der Waals surface area contributed by atoms with E-state index in [1.54, 1.807) is 18.4 Å². The molecule has 8 nitrogen and oxygen atoms in total. The van der Waals surface area contributed by atoms with E-state index in [9.17, 15) is 4.79 Å². The second kappa shape index (κ2) is 8.01. The number of carbonyl (C=O) groups excluding carboxylic acids is 1. The van der Waals surface area contributed by atoms with Gasteiger partial charge in [0.15, 0.2) is 5.76 Å². The number of amides is 1. The topological polar surface area (TPSA) is 93.6 Å². The van der Waals surface area contributed by atoms with E-state index in [0.29, 0.717) is 30.6 Å². The number of furan rings is 1. The van der Waals surface area contributed by atoms with Gasteiger partial charge >= 0.3 is 0 Å². The Morgan fingerprint density at radius 3 is 2.88 bits per heavy atom. The van der Waals surface area contributed by atoms with E-state index in [-0.39, 0.29) is 17.9 Å². The lowest BCUT2D eigenvalue weighted by molar-refractivity contribution is -0.123. The predicted molar refractivity (Wildman–Crippen MR) is 92.4 cm³/mol. The third-order valence-corrected chi connectivity index (χ3v) is 5.03. The first kappa shape index (κ1) is 17.2. The van der Waals surface area contributed by atoms with Crippen molar-refractivity contribution in [1.29, 1.82) is 0 Å². The molecular formula is C18H24N4O4. The van der Waals surface area contributed by atoms with Crippen molar-refractivity contribution in [3.8, 4) is 11.7 Å². The quantitative estimate of drug-likeness (QED) is 0.839. The van der Waals surface area contributed by atoms with Crippen LogP contribution < -0.4 is 5.32 Å². The van der Waals surface area contributed by atoms with Crippen molar-refractivity contribution in [3.05, 3.63) is 24.3 Å². The molecule has 0 spiro atoms. The summed E-state index contributed by atoms with van der Waals surface area (Å²) in [5.74, 6) is 1.96. The second-order valence-electron chi connectivity index (χ2n) is 6.91. The maximum atomic E-state index is 12.1. The minimum absolute atomic E-state index is 0.0665. The zero-order valence-electron chi connectivity index (χ0n) is 14.7. The predicted octanol–water partition coefficient (Wildman–Crippen LogP) is 1.80. The molecule has 2 aliphatic rings. The lowest BCUT2D eigenvalue weighted by atomic mass is 9.97. The summed E-state index contributed by atoms with van der Waals surface area (Å²) in [6.07, 6.45) is 5.70. The van der Waals surface area contributed by atoms with Gasteiger partial charge in [0.25, 0.3) is 5.89 Å². The summed E-state index contributed by atoms with van der Waals surface area (Å²) >= 11 is 0. The molecule has 0 aromatic carbocycles. The van der Waals surface area contributed by atoms with Crippen LogP contribution in [0.15, 0.2) is 27.2 Å². The average molecular weight is 360 g/mol. The molecule has 140 valence electrons. The molecule has 1 N–H and O–H groups in total. The number of rotatable bonds is 6. The summed E-state index contributed by atoms with van der Waals surface area (Å²) in [5, 5.41) is 11.2. The molecule has 2 aromatic rings. The molecule has 2 aromatic heterocycles. The highest BCUT2D eigenvalue weighted by atomic mass is 16.5. The standard InChI is InChI=1S/C18H24N4O4/c23-16(19-11-14-3-1-9-24-14)12-22-7-5-13(6-8-22)17-20-21-18(26-17)15-4-2-10-25-15/h2,4,10,13-14H,1,3,5-9,11-12H2,(H,19,23). The van der Waals surface area contributed by atoms with Crippen molar-refractivity contribution in [2.45, 2.75) is 37.7 Å². The molecule has 26 heavy (non-hydrogen) atoms. The monoisotopic (exact) mass is 360 g/mol. The highest BCUT2D eigenvalue weighted by Crippen LogP contribution is 2.29. The van der Waals surface area contributed by atoms with Crippen molar-refractivity contribution >= 4 is 5.91 Å². The minimum atomic E-state index is 0.0665. The molecule has 0 radical (unpaired) electrons. The molecule has 1 atom stereocenters. The van der Waals surface area contributed by atoms with Crippen LogP contribution in [0, 0.1) is 0 Å². The lowest BCUT2D eigenvalue weighted by Crippen LogP contribution is -2.43. The first-order valence-corrected chi connectivity index (χ1v) is 9.26. The van der Waals surface area contributed by atoms with Crippen LogP contribution >= 0.6 is 0 Å². The third-order valence-electron chi connectivity index (χ3n) is 5.03. The van der Waals surface area contributed by atoms with Crippen molar-refractivity contribution in [3.63, 3.8) is 0 Å². The van der Waals surface area contributed by atoms with Gasteiger partial charge in [0, 0.05) is 19.1 Å². The SMILES string of the molecule is O=C(CN1CCC(c2nnc(-c3ccco3)o2)CC1)NCC1CCCO1. The van der Waals surface area contributed by atoms with E-state index in [2.05, 4.69) is 20.4 Å². The first-order chi connectivity index (χ1) is 12.8. The number of hydrogen-bond donors (Lipinski definition) is 1. The summed E-state index contributed by atoms with van der Waals surface area (Å²) in [5.41, 5.74) is 0. The fourth-order valence-corrected chi connectivity index (χ4v) is 3.53. The molecular weight excluding hydrogens is 336 g/mol. The number of hydrogen-bond acceptors (Lipinski definition) is 7. The molecule has 8 heteroatoms. The normalized spacial score (nSPS) is 21.9. The number of piperidine rings is 1. The zero-order valence-corrected chi connectivity index (χ0v) is 14.7. The molecule has 1 amide bonds. The smallest absolute Gasteiger partial charge is 0.283 e. The van der Waals surface area contributed by atoms with E-state index >= 15 is 0 Å². The molecule has 1 unspecified atom stereocenters. The Labute approximate surface area is 151 Å². The van der Waals surface area contributed by atoms with Crippen LogP contribution in [0.1, 0.15) is 37.5 Å². The van der Waals surface area contributed by atoms with Crippen LogP contribution in [0.5, 0.6) is 0 Å². The Morgan fingerprint density at radius 2 is 2.15 bits per heavy atom. The van der Waals surface area contributed by atoms with E-state index < -0.39 is 0 Å². The van der Waals surface area contributed by atoms with E-state index in [1.807, 2.05) is 0 Å². The Hall–Kier alpha value is -2.19. The average Bonchev–Trinajstić information content (AvgIpc) is 3.42. The summed E-state index contributed by atoms with van der Waals surface area (Å²) in [4.78, 5) is 14.3. The van der Waals surface area contributed by atoms with Gasteiger partial charge in [-0.2, -0.15) is 0 Å². The van der Waals surface area contributed by atoms with Gasteiger partial charge in [-0.05, 0) is 50.9 Å². The van der Waals surface area contributed by atoms with Crippen LogP contribution in [-0.2, 0) is 9.53 Å². The van der Waals surface area contributed by atoms with Gasteiger partial charge < -0.3 is 18.9 Å². The van der Waals surface area contributed by atoms with Crippen LogP contribution in [0.4, 0.5) is 0 Å². The number of nitrogens with zero attached hydrogens (tertiary/aromatic N) is 3. The van der Waals surface area contributed by atoms with E-state index in [0.717, 1.165) is 45.4 Å². The van der Waals surface area contributed by atoms with Crippen LogP contribution in [0.3, 0.4) is 0 Å². The highest BCUT2D eigenvalue weighted by molar-refractivity contribution is 5.78. The number of carbonyl (C=O) groups is 1. The highest BCUT2D eigenvalue weighted by Gasteiger charge is 2.26. The second-order valence-corrected chi connectivity index (χ2v) is 6.91. The number of ether oxygens (including phenoxy) is 1. The van der Waals surface area contributed by atoms with E-state index in [4.69, 9.17) is 13.6 Å². The van der Waals surface area contributed by atoms with Gasteiger partial charge in [0.1, 0.15) is 0 Å². The van der Waals surface area contributed by atoms with Crippen molar-refractivity contribution in [2.24, 2.45) is 0 Å². The maximum Gasteiger partial charge on any atom is 0.283 e. The van der Waals surface area contributed by atoms with Crippen molar-refractivity contribution in [2.75, 3.05) is 32.8 Å². The van der Waals surface area contributed by atoms with Gasteiger partial charge in [-0.1, -0.05) is 0 Å². The largest absolute Gasteiger partial charge is 0.459 e. The van der Waals surface area contributed by atoms with Crippen LogP contribution in [-0.4, -0.2) is 59.9 Å². The van der Waals surface area contributed by atoms with Crippen molar-refractivity contribution < 1.29 is 18.4 Å². The van der Waals surface area contributed by atoms with Crippen LogP contribution in [0.2, 0.25) is 0 Å². The molecule has 2 fully saturated rings. The minimum Gasteiger partial charge on any atom is -0.459 e.